The zero-order chi connectivity index (χ0) is 17.4. The molecule has 1 atom stereocenters. The van der Waals surface area contributed by atoms with E-state index in [1.807, 2.05) is 48.2 Å². The van der Waals surface area contributed by atoms with Gasteiger partial charge in [0.1, 0.15) is 5.82 Å². The zero-order valence-corrected chi connectivity index (χ0v) is 14.8. The van der Waals surface area contributed by atoms with Crippen LogP contribution in [0.15, 0.2) is 48.5 Å². The van der Waals surface area contributed by atoms with Crippen LogP contribution in [0.25, 0.3) is 10.1 Å². The van der Waals surface area contributed by atoms with Crippen molar-refractivity contribution in [1.82, 2.24) is 4.90 Å². The average molecular weight is 354 g/mol. The molecule has 3 nitrogen and oxygen atoms in total. The summed E-state index contributed by atoms with van der Waals surface area (Å²) in [5.41, 5.74) is 1.82. The second kappa shape index (κ2) is 6.48. The van der Waals surface area contributed by atoms with Gasteiger partial charge in [-0.2, -0.15) is 0 Å². The molecule has 1 amide bonds. The van der Waals surface area contributed by atoms with Crippen molar-refractivity contribution >= 4 is 33.0 Å². The maximum Gasteiger partial charge on any atom is 0.264 e. The number of fused-ring (bicyclic) bond motifs is 1. The maximum atomic E-state index is 14.1. The largest absolute Gasteiger partial charge is 0.380 e. The molecule has 2 heterocycles. The highest BCUT2D eigenvalue weighted by Crippen LogP contribution is 2.34. The summed E-state index contributed by atoms with van der Waals surface area (Å²) in [5, 5.41) is 4.05. The van der Waals surface area contributed by atoms with Crippen LogP contribution in [0.5, 0.6) is 0 Å². The molecule has 1 N–H and O–H groups in total. The second-order valence-electron chi connectivity index (χ2n) is 6.42. The Morgan fingerprint density at radius 3 is 2.76 bits per heavy atom. The average Bonchev–Trinajstić information content (AvgIpc) is 3.21. The first-order valence-electron chi connectivity index (χ1n) is 8.42. The lowest BCUT2D eigenvalue weighted by atomic mass is 10.1. The van der Waals surface area contributed by atoms with Crippen molar-refractivity contribution in [2.45, 2.75) is 19.4 Å². The summed E-state index contributed by atoms with van der Waals surface area (Å²) in [5.74, 6) is -0.245. The van der Waals surface area contributed by atoms with Crippen molar-refractivity contribution in [2.24, 2.45) is 0 Å². The quantitative estimate of drug-likeness (QED) is 0.741. The molecule has 3 aromatic rings. The first-order chi connectivity index (χ1) is 12.1. The van der Waals surface area contributed by atoms with E-state index in [0.717, 1.165) is 28.9 Å². The minimum atomic E-state index is -0.254. The summed E-state index contributed by atoms with van der Waals surface area (Å²) in [6.45, 7) is 3.23. The fraction of sp³-hybridized carbons (Fsp3) is 0.250. The molecule has 1 aliphatic rings. The molecule has 0 bridgehead atoms. The third-order valence-corrected chi connectivity index (χ3v) is 5.96. The molecule has 1 unspecified atom stereocenters. The Balaban J connectivity index is 1.52. The Morgan fingerprint density at radius 2 is 2.00 bits per heavy atom. The third kappa shape index (κ3) is 3.00. The number of para-hydroxylation sites is 1. The maximum absolute atomic E-state index is 14.1. The van der Waals surface area contributed by atoms with E-state index in [-0.39, 0.29) is 17.8 Å². The fourth-order valence-corrected chi connectivity index (χ4v) is 4.62. The lowest BCUT2D eigenvalue weighted by Gasteiger charge is -2.17. The number of aryl methyl sites for hydroxylation is 1. The number of hydrogen-bond acceptors (Lipinski definition) is 3. The van der Waals surface area contributed by atoms with Gasteiger partial charge in [0.25, 0.3) is 5.91 Å². The molecule has 128 valence electrons. The van der Waals surface area contributed by atoms with Crippen molar-refractivity contribution in [3.63, 3.8) is 0 Å². The van der Waals surface area contributed by atoms with Gasteiger partial charge in [-0.15, -0.1) is 11.3 Å². The molecule has 2 aromatic carbocycles. The minimum Gasteiger partial charge on any atom is -0.380 e. The number of rotatable bonds is 3. The number of benzene rings is 2. The number of halogens is 1. The van der Waals surface area contributed by atoms with Gasteiger partial charge in [0.2, 0.25) is 0 Å². The molecular weight excluding hydrogens is 335 g/mol. The summed E-state index contributed by atoms with van der Waals surface area (Å²) in [7, 11) is 0. The summed E-state index contributed by atoms with van der Waals surface area (Å²) >= 11 is 1.39. The van der Waals surface area contributed by atoms with E-state index >= 15 is 0 Å². The van der Waals surface area contributed by atoms with Gasteiger partial charge in [-0.25, -0.2) is 4.39 Å². The second-order valence-corrected chi connectivity index (χ2v) is 7.47. The van der Waals surface area contributed by atoms with E-state index in [9.17, 15) is 9.18 Å². The first-order valence-corrected chi connectivity index (χ1v) is 9.23. The van der Waals surface area contributed by atoms with Gasteiger partial charge in [0, 0.05) is 34.9 Å². The molecule has 1 fully saturated rings. The molecule has 4 rings (SSSR count). The Bertz CT molecular complexity index is 922. The number of likely N-dealkylation sites (tertiary alicyclic amines) is 1. The van der Waals surface area contributed by atoms with Gasteiger partial charge in [-0.05, 0) is 43.2 Å². The van der Waals surface area contributed by atoms with Crippen LogP contribution in [-0.2, 0) is 0 Å². The van der Waals surface area contributed by atoms with Crippen LogP contribution in [0.2, 0.25) is 0 Å². The Hall–Kier alpha value is -2.40. The van der Waals surface area contributed by atoms with Crippen LogP contribution >= 0.6 is 11.3 Å². The standard InChI is InChI=1S/C20H19FN2OS/c1-13-18-16(21)8-5-9-17(18)25-19(13)20(24)23-11-10-15(12-23)22-14-6-3-2-4-7-14/h2-9,15,22H,10-12H2,1H3. The van der Waals surface area contributed by atoms with Gasteiger partial charge in [0.05, 0.1) is 4.88 Å². The lowest BCUT2D eigenvalue weighted by molar-refractivity contribution is 0.0796. The molecule has 1 aromatic heterocycles. The monoisotopic (exact) mass is 354 g/mol. The number of nitrogens with one attached hydrogen (secondary N) is 1. The first kappa shape index (κ1) is 16.1. The van der Waals surface area contributed by atoms with Crippen molar-refractivity contribution < 1.29 is 9.18 Å². The van der Waals surface area contributed by atoms with Crippen molar-refractivity contribution in [1.29, 1.82) is 0 Å². The van der Waals surface area contributed by atoms with Crippen LogP contribution in [0.4, 0.5) is 10.1 Å². The Labute approximate surface area is 150 Å². The van der Waals surface area contributed by atoms with Crippen LogP contribution in [0, 0.1) is 12.7 Å². The molecule has 0 aliphatic carbocycles. The van der Waals surface area contributed by atoms with Crippen molar-refractivity contribution in [3.05, 3.63) is 64.8 Å². The molecule has 1 aliphatic heterocycles. The third-order valence-electron chi connectivity index (χ3n) is 4.72. The van der Waals surface area contributed by atoms with E-state index < -0.39 is 0 Å². The van der Waals surface area contributed by atoms with Crippen LogP contribution in [0.1, 0.15) is 21.7 Å². The van der Waals surface area contributed by atoms with Gasteiger partial charge in [-0.3, -0.25) is 4.79 Å². The molecular formula is C20H19FN2OS. The van der Waals surface area contributed by atoms with E-state index in [2.05, 4.69) is 5.32 Å². The molecule has 5 heteroatoms. The van der Waals surface area contributed by atoms with Gasteiger partial charge in [0.15, 0.2) is 0 Å². The van der Waals surface area contributed by atoms with Gasteiger partial charge in [-0.1, -0.05) is 24.3 Å². The normalized spacial score (nSPS) is 17.2. The van der Waals surface area contributed by atoms with E-state index in [0.29, 0.717) is 16.8 Å². The number of amides is 1. The number of nitrogens with zero attached hydrogens (tertiary/aromatic N) is 1. The number of anilines is 1. The van der Waals surface area contributed by atoms with Crippen LogP contribution in [0.3, 0.4) is 0 Å². The molecule has 1 saturated heterocycles. The highest BCUT2D eigenvalue weighted by atomic mass is 32.1. The lowest BCUT2D eigenvalue weighted by Crippen LogP contribution is -2.31. The minimum absolute atomic E-state index is 0.00969. The van der Waals surface area contributed by atoms with Gasteiger partial charge < -0.3 is 10.2 Å². The zero-order valence-electron chi connectivity index (χ0n) is 14.0. The van der Waals surface area contributed by atoms with E-state index in [4.69, 9.17) is 0 Å². The van der Waals surface area contributed by atoms with Crippen molar-refractivity contribution in [2.75, 3.05) is 18.4 Å². The number of carbonyl (C=O) groups is 1. The highest BCUT2D eigenvalue weighted by molar-refractivity contribution is 7.21. The number of carbonyl (C=O) groups excluding carboxylic acids is 1. The summed E-state index contributed by atoms with van der Waals surface area (Å²) in [6.07, 6.45) is 0.916. The van der Waals surface area contributed by atoms with E-state index in [1.165, 1.54) is 17.4 Å². The summed E-state index contributed by atoms with van der Waals surface area (Å²) in [4.78, 5) is 15.5. The molecule has 0 saturated carbocycles. The molecule has 0 radical (unpaired) electrons. The van der Waals surface area contributed by atoms with Crippen molar-refractivity contribution in [3.8, 4) is 0 Å². The highest BCUT2D eigenvalue weighted by Gasteiger charge is 2.29. The van der Waals surface area contributed by atoms with Gasteiger partial charge >= 0.3 is 0 Å². The summed E-state index contributed by atoms with van der Waals surface area (Å²) < 4.78 is 14.9. The Kier molecular flexibility index (Phi) is 4.17. The molecule has 0 spiro atoms. The number of thiophene rings is 1. The Morgan fingerprint density at radius 1 is 1.20 bits per heavy atom. The SMILES string of the molecule is Cc1c(C(=O)N2CCC(Nc3ccccc3)C2)sc2cccc(F)c12. The van der Waals surface area contributed by atoms with Crippen LogP contribution < -0.4 is 5.32 Å². The van der Waals surface area contributed by atoms with Crippen LogP contribution in [-0.4, -0.2) is 29.9 Å². The summed E-state index contributed by atoms with van der Waals surface area (Å²) in [6, 6.07) is 15.3. The predicted molar refractivity (Wildman–Crippen MR) is 101 cm³/mol. The smallest absolute Gasteiger partial charge is 0.264 e. The topological polar surface area (TPSA) is 32.3 Å². The molecule has 25 heavy (non-hydrogen) atoms. The van der Waals surface area contributed by atoms with E-state index in [1.54, 1.807) is 6.07 Å². The number of hydrogen-bond donors (Lipinski definition) is 1. The fourth-order valence-electron chi connectivity index (χ4n) is 3.43. The predicted octanol–water partition coefficient (Wildman–Crippen LogP) is 4.68.